The van der Waals surface area contributed by atoms with Crippen LogP contribution in [0.1, 0.15) is 20.3 Å². The van der Waals surface area contributed by atoms with Crippen molar-refractivity contribution in [2.45, 2.75) is 20.3 Å². The van der Waals surface area contributed by atoms with Gasteiger partial charge in [0.1, 0.15) is 0 Å². The van der Waals surface area contributed by atoms with Gasteiger partial charge in [-0.1, -0.05) is 13.8 Å². The molecule has 0 aliphatic carbocycles. The van der Waals surface area contributed by atoms with Crippen molar-refractivity contribution in [1.82, 2.24) is 10.7 Å². The minimum absolute atomic E-state index is 0.0535. The van der Waals surface area contributed by atoms with Gasteiger partial charge in [-0.05, 0) is 12.3 Å². The minimum atomic E-state index is -3.39. The van der Waals surface area contributed by atoms with E-state index in [1.165, 1.54) is 0 Å². The van der Waals surface area contributed by atoms with Gasteiger partial charge in [-0.25, -0.2) is 19.4 Å². The van der Waals surface area contributed by atoms with E-state index in [1.54, 1.807) is 0 Å². The Kier molecular flexibility index (Phi) is 7.02. The Balaban J connectivity index is 3.84. The number of nitrogens with one attached hydrogen (secondary N) is 2. The molecule has 0 saturated carbocycles. The average Bonchev–Trinajstić information content (AvgIpc) is 2.15. The maximum atomic E-state index is 10.6. The van der Waals surface area contributed by atoms with E-state index in [2.05, 4.69) is 15.7 Å². The molecular weight excluding hydrogens is 230 g/mol. The average molecular weight is 251 g/mol. The number of rotatable bonds is 6. The highest BCUT2D eigenvalue weighted by Gasteiger charge is 2.02. The molecule has 0 fully saturated rings. The molecule has 0 aromatic carbocycles. The molecule has 8 heteroatoms. The van der Waals surface area contributed by atoms with Crippen LogP contribution in [0.5, 0.6) is 0 Å². The number of aliphatic imine (C=N–C) groups is 1. The molecule has 0 atom stereocenters. The molecule has 0 aromatic rings. The number of nitrogens with two attached hydrogens (primary N) is 2. The number of primary sulfonamides is 1. The van der Waals surface area contributed by atoms with Crippen molar-refractivity contribution in [2.24, 2.45) is 21.9 Å². The Morgan fingerprint density at radius 1 is 1.44 bits per heavy atom. The zero-order valence-corrected chi connectivity index (χ0v) is 10.5. The first-order chi connectivity index (χ1) is 7.35. The van der Waals surface area contributed by atoms with Gasteiger partial charge in [0.15, 0.2) is 0 Å². The predicted octanol–water partition coefficient (Wildman–Crippen LogP) is -1.27. The number of guanidine groups is 1. The summed E-state index contributed by atoms with van der Waals surface area (Å²) in [5, 5.41) is 7.75. The lowest BCUT2D eigenvalue weighted by atomic mass is 10.2. The smallest absolute Gasteiger partial charge is 0.209 e. The fraction of sp³-hybridized carbons (Fsp3) is 0.875. The largest absolute Gasteiger partial charge is 0.355 e. The summed E-state index contributed by atoms with van der Waals surface area (Å²) in [6, 6.07) is 0. The van der Waals surface area contributed by atoms with Crippen molar-refractivity contribution in [2.75, 3.05) is 18.8 Å². The molecule has 0 rings (SSSR count). The summed E-state index contributed by atoms with van der Waals surface area (Å²) < 4.78 is 21.3. The van der Waals surface area contributed by atoms with Crippen molar-refractivity contribution in [3.05, 3.63) is 0 Å². The van der Waals surface area contributed by atoms with Gasteiger partial charge in [0.2, 0.25) is 16.0 Å². The predicted molar refractivity (Wildman–Crippen MR) is 65.1 cm³/mol. The lowest BCUT2D eigenvalue weighted by Gasteiger charge is -2.09. The quantitative estimate of drug-likeness (QED) is 0.154. The monoisotopic (exact) mass is 251 g/mol. The van der Waals surface area contributed by atoms with Crippen molar-refractivity contribution in [3.8, 4) is 0 Å². The number of nitrogens with zero attached hydrogens (tertiary/aromatic N) is 1. The fourth-order valence-corrected chi connectivity index (χ4v) is 1.45. The van der Waals surface area contributed by atoms with Gasteiger partial charge in [-0.15, -0.1) is 0 Å². The minimum Gasteiger partial charge on any atom is -0.355 e. The van der Waals surface area contributed by atoms with Crippen molar-refractivity contribution >= 4 is 16.0 Å². The first kappa shape index (κ1) is 15.1. The summed E-state index contributed by atoms with van der Waals surface area (Å²) in [5.41, 5.74) is 2.41. The highest BCUT2D eigenvalue weighted by molar-refractivity contribution is 7.89. The third-order valence-corrected chi connectivity index (χ3v) is 2.51. The van der Waals surface area contributed by atoms with Gasteiger partial charge < -0.3 is 5.32 Å². The number of hydrogen-bond donors (Lipinski definition) is 4. The van der Waals surface area contributed by atoms with Crippen LogP contribution in [0.4, 0.5) is 0 Å². The van der Waals surface area contributed by atoms with Crippen LogP contribution in [0.15, 0.2) is 4.99 Å². The summed E-state index contributed by atoms with van der Waals surface area (Å²) in [4.78, 5) is 4.16. The SMILES string of the molecule is CC(C)CN=C(NN)NCCCS(N)(=O)=O. The van der Waals surface area contributed by atoms with Crippen LogP contribution in [0.25, 0.3) is 0 Å². The molecule has 0 spiro atoms. The van der Waals surface area contributed by atoms with Gasteiger partial charge >= 0.3 is 0 Å². The van der Waals surface area contributed by atoms with E-state index >= 15 is 0 Å². The van der Waals surface area contributed by atoms with E-state index in [0.29, 0.717) is 31.4 Å². The molecule has 0 aliphatic rings. The normalized spacial score (nSPS) is 12.9. The first-order valence-electron chi connectivity index (χ1n) is 5.10. The van der Waals surface area contributed by atoms with E-state index in [0.717, 1.165) is 0 Å². The Morgan fingerprint density at radius 2 is 2.06 bits per heavy atom. The molecule has 6 N–H and O–H groups in total. The summed E-state index contributed by atoms with van der Waals surface area (Å²) in [6.45, 7) is 5.19. The number of hydrogen-bond acceptors (Lipinski definition) is 4. The van der Waals surface area contributed by atoms with Crippen molar-refractivity contribution in [1.29, 1.82) is 0 Å². The van der Waals surface area contributed by atoms with Crippen LogP contribution < -0.4 is 21.7 Å². The Hall–Kier alpha value is -0.860. The van der Waals surface area contributed by atoms with Crippen LogP contribution >= 0.6 is 0 Å². The highest BCUT2D eigenvalue weighted by Crippen LogP contribution is 1.91. The number of hydrazine groups is 1. The van der Waals surface area contributed by atoms with Crippen molar-refractivity contribution in [3.63, 3.8) is 0 Å². The molecule has 0 amide bonds. The molecule has 0 unspecified atom stereocenters. The maximum absolute atomic E-state index is 10.6. The molecule has 96 valence electrons. The van der Waals surface area contributed by atoms with Gasteiger partial charge in [0, 0.05) is 13.1 Å². The molecule has 0 aliphatic heterocycles. The van der Waals surface area contributed by atoms with E-state index in [9.17, 15) is 8.42 Å². The van der Waals surface area contributed by atoms with Crippen LogP contribution in [0, 0.1) is 5.92 Å². The fourth-order valence-electron chi connectivity index (χ4n) is 0.907. The van der Waals surface area contributed by atoms with Crippen molar-refractivity contribution < 1.29 is 8.42 Å². The zero-order valence-electron chi connectivity index (χ0n) is 9.73. The topological polar surface area (TPSA) is 123 Å². The first-order valence-corrected chi connectivity index (χ1v) is 6.82. The van der Waals surface area contributed by atoms with E-state index in [4.69, 9.17) is 11.0 Å². The Bertz CT molecular complexity index is 312. The van der Waals surface area contributed by atoms with Crippen LogP contribution in [-0.4, -0.2) is 33.2 Å². The van der Waals surface area contributed by atoms with Gasteiger partial charge in [0.25, 0.3) is 0 Å². The molecule has 0 radical (unpaired) electrons. The van der Waals surface area contributed by atoms with Crippen LogP contribution in [-0.2, 0) is 10.0 Å². The van der Waals surface area contributed by atoms with Gasteiger partial charge in [-0.3, -0.25) is 10.4 Å². The van der Waals surface area contributed by atoms with Gasteiger partial charge in [0.05, 0.1) is 5.75 Å². The molecule has 7 nitrogen and oxygen atoms in total. The second-order valence-corrected chi connectivity index (χ2v) is 5.61. The van der Waals surface area contributed by atoms with E-state index < -0.39 is 10.0 Å². The summed E-state index contributed by atoms with van der Waals surface area (Å²) in [7, 11) is -3.39. The van der Waals surface area contributed by atoms with Gasteiger partial charge in [-0.2, -0.15) is 0 Å². The number of sulfonamides is 1. The second-order valence-electron chi connectivity index (χ2n) is 3.87. The van der Waals surface area contributed by atoms with Crippen LogP contribution in [0.3, 0.4) is 0 Å². The Morgan fingerprint density at radius 3 is 2.50 bits per heavy atom. The third kappa shape index (κ3) is 9.69. The standard InChI is InChI=1S/C8H21N5O2S/c1-7(2)6-12-8(13-9)11-4-3-5-16(10,14)15/h7H,3-6,9H2,1-2H3,(H2,10,14,15)(H2,11,12,13). The van der Waals surface area contributed by atoms with Crippen LogP contribution in [0.2, 0.25) is 0 Å². The molecule has 0 heterocycles. The third-order valence-electron chi connectivity index (χ3n) is 1.65. The van der Waals surface area contributed by atoms with E-state index in [1.807, 2.05) is 13.8 Å². The lowest BCUT2D eigenvalue weighted by molar-refractivity contribution is 0.594. The molecule has 0 saturated heterocycles. The summed E-state index contributed by atoms with van der Waals surface area (Å²) in [5.74, 6) is 6.09. The molecule has 0 aromatic heterocycles. The zero-order chi connectivity index (χ0) is 12.6. The molecule has 16 heavy (non-hydrogen) atoms. The Labute approximate surface area is 96.7 Å². The lowest BCUT2D eigenvalue weighted by Crippen LogP contribution is -2.42. The van der Waals surface area contributed by atoms with E-state index in [-0.39, 0.29) is 5.75 Å². The summed E-state index contributed by atoms with van der Waals surface area (Å²) in [6.07, 6.45) is 0.418. The summed E-state index contributed by atoms with van der Waals surface area (Å²) >= 11 is 0. The second kappa shape index (κ2) is 7.42. The maximum Gasteiger partial charge on any atom is 0.209 e. The molecular formula is C8H21N5O2S. The molecule has 0 bridgehead atoms. The highest BCUT2D eigenvalue weighted by atomic mass is 32.2.